The molecule has 1 N–H and O–H groups in total. The fourth-order valence-corrected chi connectivity index (χ4v) is 1.66. The SMILES string of the molecule is CSc1ccc(NCc2ccccn2)cn1. The molecule has 3 nitrogen and oxygen atoms in total. The van der Waals surface area contributed by atoms with Gasteiger partial charge < -0.3 is 5.32 Å². The first kappa shape index (κ1) is 11.0. The van der Waals surface area contributed by atoms with Crippen LogP contribution in [0.4, 0.5) is 5.69 Å². The summed E-state index contributed by atoms with van der Waals surface area (Å²) < 4.78 is 0. The molecular formula is C12H13N3S. The molecule has 2 heterocycles. The number of rotatable bonds is 4. The van der Waals surface area contributed by atoms with E-state index in [1.165, 1.54) is 0 Å². The highest BCUT2D eigenvalue weighted by molar-refractivity contribution is 7.98. The van der Waals surface area contributed by atoms with Crippen LogP contribution in [-0.4, -0.2) is 16.2 Å². The molecule has 0 aliphatic carbocycles. The Labute approximate surface area is 99.3 Å². The lowest BCUT2D eigenvalue weighted by Crippen LogP contribution is -2.01. The van der Waals surface area contributed by atoms with Crippen LogP contribution in [0.1, 0.15) is 5.69 Å². The minimum atomic E-state index is 0.723. The lowest BCUT2D eigenvalue weighted by atomic mass is 10.3. The van der Waals surface area contributed by atoms with Crippen LogP contribution in [0, 0.1) is 0 Å². The third-order valence-electron chi connectivity index (χ3n) is 2.15. The third-order valence-corrected chi connectivity index (χ3v) is 2.81. The summed E-state index contributed by atoms with van der Waals surface area (Å²) in [5, 5.41) is 4.31. The van der Waals surface area contributed by atoms with Gasteiger partial charge in [-0.15, -0.1) is 11.8 Å². The maximum absolute atomic E-state index is 4.29. The molecule has 0 atom stereocenters. The van der Waals surface area contributed by atoms with Crippen LogP contribution < -0.4 is 5.32 Å². The Morgan fingerprint density at radius 3 is 2.75 bits per heavy atom. The maximum atomic E-state index is 4.29. The second kappa shape index (κ2) is 5.51. The van der Waals surface area contributed by atoms with Crippen LogP contribution in [0.2, 0.25) is 0 Å². The molecular weight excluding hydrogens is 218 g/mol. The van der Waals surface area contributed by atoms with E-state index in [0.29, 0.717) is 0 Å². The van der Waals surface area contributed by atoms with Crippen LogP contribution in [0.15, 0.2) is 47.8 Å². The van der Waals surface area contributed by atoms with Gasteiger partial charge in [0.1, 0.15) is 0 Å². The lowest BCUT2D eigenvalue weighted by Gasteiger charge is -2.05. The molecule has 2 rings (SSSR count). The average molecular weight is 231 g/mol. The molecule has 0 fully saturated rings. The zero-order valence-corrected chi connectivity index (χ0v) is 9.87. The highest BCUT2D eigenvalue weighted by atomic mass is 32.2. The zero-order chi connectivity index (χ0) is 11.2. The summed E-state index contributed by atoms with van der Waals surface area (Å²) in [6.45, 7) is 0.723. The van der Waals surface area contributed by atoms with Crippen molar-refractivity contribution in [1.29, 1.82) is 0 Å². The number of aromatic nitrogens is 2. The number of nitrogens with zero attached hydrogens (tertiary/aromatic N) is 2. The summed E-state index contributed by atoms with van der Waals surface area (Å²) in [6, 6.07) is 9.93. The van der Waals surface area contributed by atoms with Crippen molar-refractivity contribution >= 4 is 17.4 Å². The Kier molecular flexibility index (Phi) is 3.77. The quantitative estimate of drug-likeness (QED) is 0.821. The molecule has 0 spiro atoms. The van der Waals surface area contributed by atoms with Gasteiger partial charge >= 0.3 is 0 Å². The van der Waals surface area contributed by atoms with Gasteiger partial charge in [0, 0.05) is 6.20 Å². The Bertz CT molecular complexity index is 428. The summed E-state index contributed by atoms with van der Waals surface area (Å²) in [6.07, 6.45) is 5.66. The molecule has 0 bridgehead atoms. The molecule has 0 saturated carbocycles. The van der Waals surface area contributed by atoms with Gasteiger partial charge in [0.25, 0.3) is 0 Å². The fourth-order valence-electron chi connectivity index (χ4n) is 1.30. The van der Waals surface area contributed by atoms with Gasteiger partial charge in [-0.25, -0.2) is 4.98 Å². The second-order valence-corrected chi connectivity index (χ2v) is 4.09. The normalized spacial score (nSPS) is 10.1. The Morgan fingerprint density at radius 1 is 1.19 bits per heavy atom. The zero-order valence-electron chi connectivity index (χ0n) is 9.05. The topological polar surface area (TPSA) is 37.8 Å². The van der Waals surface area contributed by atoms with E-state index in [1.807, 2.05) is 42.8 Å². The van der Waals surface area contributed by atoms with Crippen molar-refractivity contribution in [2.75, 3.05) is 11.6 Å². The fraction of sp³-hybridized carbons (Fsp3) is 0.167. The summed E-state index contributed by atoms with van der Waals surface area (Å²) in [5.74, 6) is 0. The van der Waals surface area contributed by atoms with Crippen molar-refractivity contribution in [2.45, 2.75) is 11.6 Å². The Balaban J connectivity index is 1.94. The summed E-state index contributed by atoms with van der Waals surface area (Å²) in [5.41, 5.74) is 2.04. The molecule has 0 unspecified atom stereocenters. The van der Waals surface area contributed by atoms with E-state index in [4.69, 9.17) is 0 Å². The molecule has 0 aliphatic heterocycles. The van der Waals surface area contributed by atoms with Crippen molar-refractivity contribution in [3.05, 3.63) is 48.4 Å². The average Bonchev–Trinajstić information content (AvgIpc) is 2.38. The minimum absolute atomic E-state index is 0.723. The highest BCUT2D eigenvalue weighted by Gasteiger charge is 1.95. The second-order valence-electron chi connectivity index (χ2n) is 3.26. The molecule has 0 aromatic carbocycles. The first-order valence-corrected chi connectivity index (χ1v) is 6.25. The third kappa shape index (κ3) is 2.97. The minimum Gasteiger partial charge on any atom is -0.378 e. The molecule has 0 saturated heterocycles. The highest BCUT2D eigenvalue weighted by Crippen LogP contribution is 2.14. The van der Waals surface area contributed by atoms with E-state index in [2.05, 4.69) is 15.3 Å². The van der Waals surface area contributed by atoms with E-state index in [9.17, 15) is 0 Å². The van der Waals surface area contributed by atoms with Crippen molar-refractivity contribution in [3.63, 3.8) is 0 Å². The van der Waals surface area contributed by atoms with E-state index >= 15 is 0 Å². The van der Waals surface area contributed by atoms with E-state index in [1.54, 1.807) is 18.0 Å². The summed E-state index contributed by atoms with van der Waals surface area (Å²) >= 11 is 1.64. The van der Waals surface area contributed by atoms with Gasteiger partial charge in [-0.1, -0.05) is 6.07 Å². The number of pyridine rings is 2. The predicted molar refractivity (Wildman–Crippen MR) is 67.6 cm³/mol. The molecule has 0 aliphatic rings. The molecule has 2 aromatic heterocycles. The summed E-state index contributed by atoms with van der Waals surface area (Å²) in [7, 11) is 0. The molecule has 0 amide bonds. The number of anilines is 1. The smallest absolute Gasteiger partial charge is 0.0958 e. The van der Waals surface area contributed by atoms with Crippen molar-refractivity contribution < 1.29 is 0 Å². The molecule has 82 valence electrons. The number of thioether (sulfide) groups is 1. The molecule has 2 aromatic rings. The van der Waals surface area contributed by atoms with Crippen LogP contribution in [0.3, 0.4) is 0 Å². The first-order chi connectivity index (χ1) is 7.88. The van der Waals surface area contributed by atoms with Crippen LogP contribution in [0.25, 0.3) is 0 Å². The molecule has 16 heavy (non-hydrogen) atoms. The van der Waals surface area contributed by atoms with Crippen LogP contribution >= 0.6 is 11.8 Å². The summed E-state index contributed by atoms with van der Waals surface area (Å²) in [4.78, 5) is 8.53. The Morgan fingerprint density at radius 2 is 2.12 bits per heavy atom. The van der Waals surface area contributed by atoms with Gasteiger partial charge in [0.05, 0.1) is 29.1 Å². The van der Waals surface area contributed by atoms with E-state index in [-0.39, 0.29) is 0 Å². The van der Waals surface area contributed by atoms with Crippen LogP contribution in [0.5, 0.6) is 0 Å². The van der Waals surface area contributed by atoms with Crippen molar-refractivity contribution in [1.82, 2.24) is 9.97 Å². The van der Waals surface area contributed by atoms with Gasteiger partial charge in [-0.3, -0.25) is 4.98 Å². The maximum Gasteiger partial charge on any atom is 0.0958 e. The van der Waals surface area contributed by atoms with E-state index in [0.717, 1.165) is 23.0 Å². The monoisotopic (exact) mass is 231 g/mol. The van der Waals surface area contributed by atoms with E-state index < -0.39 is 0 Å². The Hall–Kier alpha value is -1.55. The largest absolute Gasteiger partial charge is 0.378 e. The molecule has 4 heteroatoms. The van der Waals surface area contributed by atoms with Gasteiger partial charge in [0.2, 0.25) is 0 Å². The van der Waals surface area contributed by atoms with Crippen molar-refractivity contribution in [3.8, 4) is 0 Å². The lowest BCUT2D eigenvalue weighted by molar-refractivity contribution is 1.03. The number of hydrogen-bond donors (Lipinski definition) is 1. The van der Waals surface area contributed by atoms with Crippen LogP contribution in [-0.2, 0) is 6.54 Å². The van der Waals surface area contributed by atoms with Crippen molar-refractivity contribution in [2.24, 2.45) is 0 Å². The molecule has 0 radical (unpaired) electrons. The van der Waals surface area contributed by atoms with Gasteiger partial charge in [0.15, 0.2) is 0 Å². The van der Waals surface area contributed by atoms with Gasteiger partial charge in [-0.2, -0.15) is 0 Å². The first-order valence-electron chi connectivity index (χ1n) is 5.02. The standard InChI is InChI=1S/C12H13N3S/c1-16-12-6-5-11(9-15-12)14-8-10-4-2-3-7-13-10/h2-7,9,14H,8H2,1H3. The predicted octanol–water partition coefficient (Wildman–Crippen LogP) is 2.81. The number of hydrogen-bond acceptors (Lipinski definition) is 4. The van der Waals surface area contributed by atoms with Gasteiger partial charge in [-0.05, 0) is 30.5 Å². The number of nitrogens with one attached hydrogen (secondary N) is 1.